The minimum Gasteiger partial charge on any atom is -0.463 e. The summed E-state index contributed by atoms with van der Waals surface area (Å²) in [5, 5.41) is 0. The standard InChI is InChI=1S/C12H18O7/c1-7(13)16-5-10-4-11(18-8(2)14)12(6-17-10)19-9(3)15/h10-12H,4-6H2,1-3H3/t10-,11-,12-/m0/s1. The molecule has 0 saturated carbocycles. The molecule has 19 heavy (non-hydrogen) atoms. The lowest BCUT2D eigenvalue weighted by Crippen LogP contribution is -2.47. The summed E-state index contributed by atoms with van der Waals surface area (Å²) < 4.78 is 20.4. The predicted molar refractivity (Wildman–Crippen MR) is 62.1 cm³/mol. The number of ether oxygens (including phenoxy) is 4. The van der Waals surface area contributed by atoms with Crippen molar-refractivity contribution in [1.29, 1.82) is 0 Å². The van der Waals surface area contributed by atoms with Crippen LogP contribution in [-0.4, -0.2) is 49.4 Å². The van der Waals surface area contributed by atoms with Crippen molar-refractivity contribution in [2.75, 3.05) is 13.2 Å². The summed E-state index contributed by atoms with van der Waals surface area (Å²) >= 11 is 0. The molecule has 0 unspecified atom stereocenters. The quantitative estimate of drug-likeness (QED) is 0.534. The Morgan fingerprint density at radius 1 is 1.00 bits per heavy atom. The van der Waals surface area contributed by atoms with Crippen LogP contribution in [-0.2, 0) is 33.3 Å². The zero-order valence-electron chi connectivity index (χ0n) is 11.2. The van der Waals surface area contributed by atoms with Gasteiger partial charge in [0.15, 0.2) is 6.10 Å². The van der Waals surface area contributed by atoms with Crippen LogP contribution in [0.1, 0.15) is 27.2 Å². The minimum absolute atomic E-state index is 0.0832. The smallest absolute Gasteiger partial charge is 0.303 e. The van der Waals surface area contributed by atoms with Crippen molar-refractivity contribution in [2.24, 2.45) is 0 Å². The molecule has 1 aliphatic rings. The first-order valence-electron chi connectivity index (χ1n) is 5.98. The second-order valence-electron chi connectivity index (χ2n) is 4.29. The van der Waals surface area contributed by atoms with Crippen LogP contribution in [0.3, 0.4) is 0 Å². The maximum Gasteiger partial charge on any atom is 0.303 e. The second-order valence-corrected chi connectivity index (χ2v) is 4.29. The first-order chi connectivity index (χ1) is 8.88. The van der Waals surface area contributed by atoms with E-state index in [-0.39, 0.29) is 19.3 Å². The van der Waals surface area contributed by atoms with E-state index in [4.69, 9.17) is 18.9 Å². The van der Waals surface area contributed by atoms with E-state index in [0.29, 0.717) is 6.42 Å². The van der Waals surface area contributed by atoms with Crippen LogP contribution < -0.4 is 0 Å². The Morgan fingerprint density at radius 3 is 2.11 bits per heavy atom. The highest BCUT2D eigenvalue weighted by Gasteiger charge is 2.36. The van der Waals surface area contributed by atoms with Crippen molar-refractivity contribution in [3.63, 3.8) is 0 Å². The van der Waals surface area contributed by atoms with Crippen molar-refractivity contribution >= 4 is 17.9 Å². The van der Waals surface area contributed by atoms with Crippen LogP contribution in [0.5, 0.6) is 0 Å². The first kappa shape index (κ1) is 15.4. The third-order valence-electron chi connectivity index (χ3n) is 2.51. The summed E-state index contributed by atoms with van der Waals surface area (Å²) in [4.78, 5) is 32.7. The van der Waals surface area contributed by atoms with E-state index in [0.717, 1.165) is 0 Å². The van der Waals surface area contributed by atoms with Gasteiger partial charge in [-0.3, -0.25) is 14.4 Å². The average molecular weight is 274 g/mol. The Morgan fingerprint density at radius 2 is 1.58 bits per heavy atom. The third kappa shape index (κ3) is 5.69. The van der Waals surface area contributed by atoms with Gasteiger partial charge in [-0.1, -0.05) is 0 Å². The van der Waals surface area contributed by atoms with Gasteiger partial charge in [-0.05, 0) is 0 Å². The van der Waals surface area contributed by atoms with E-state index in [1.165, 1.54) is 20.8 Å². The molecule has 0 bridgehead atoms. The van der Waals surface area contributed by atoms with Crippen LogP contribution in [0.4, 0.5) is 0 Å². The molecule has 0 aromatic rings. The van der Waals surface area contributed by atoms with Crippen LogP contribution >= 0.6 is 0 Å². The third-order valence-corrected chi connectivity index (χ3v) is 2.51. The zero-order chi connectivity index (χ0) is 14.4. The predicted octanol–water partition coefficient (Wildman–Crippen LogP) is 0.202. The average Bonchev–Trinajstić information content (AvgIpc) is 2.28. The molecule has 1 saturated heterocycles. The first-order valence-corrected chi connectivity index (χ1v) is 5.98. The minimum atomic E-state index is -0.630. The van der Waals surface area contributed by atoms with Gasteiger partial charge in [0.05, 0.1) is 12.7 Å². The molecule has 3 atom stereocenters. The van der Waals surface area contributed by atoms with Crippen LogP contribution in [0, 0.1) is 0 Å². The highest BCUT2D eigenvalue weighted by Crippen LogP contribution is 2.21. The van der Waals surface area contributed by atoms with Crippen molar-refractivity contribution in [3.05, 3.63) is 0 Å². The van der Waals surface area contributed by atoms with Gasteiger partial charge in [0.25, 0.3) is 0 Å². The van der Waals surface area contributed by atoms with Gasteiger partial charge in [-0.15, -0.1) is 0 Å². The molecule has 0 radical (unpaired) electrons. The van der Waals surface area contributed by atoms with E-state index in [1.54, 1.807) is 0 Å². The van der Waals surface area contributed by atoms with Crippen LogP contribution in [0.25, 0.3) is 0 Å². The topological polar surface area (TPSA) is 88.1 Å². The molecule has 0 aliphatic carbocycles. The lowest BCUT2D eigenvalue weighted by Gasteiger charge is -2.34. The Labute approximate surface area is 111 Å². The summed E-state index contributed by atoms with van der Waals surface area (Å²) in [6.07, 6.45) is -1.28. The van der Waals surface area contributed by atoms with E-state index in [2.05, 4.69) is 0 Å². The summed E-state index contributed by atoms with van der Waals surface area (Å²) in [5.41, 5.74) is 0. The molecular weight excluding hydrogens is 256 g/mol. The van der Waals surface area contributed by atoms with E-state index >= 15 is 0 Å². The van der Waals surface area contributed by atoms with E-state index < -0.39 is 30.1 Å². The fourth-order valence-corrected chi connectivity index (χ4v) is 1.80. The maximum atomic E-state index is 11.0. The van der Waals surface area contributed by atoms with Crippen LogP contribution in [0.15, 0.2) is 0 Å². The van der Waals surface area contributed by atoms with Crippen molar-refractivity contribution in [1.82, 2.24) is 0 Å². The SMILES string of the molecule is CC(=O)OC[C@@H]1C[C@H](OC(C)=O)[C@@H](OC(C)=O)CO1. The lowest BCUT2D eigenvalue weighted by molar-refractivity contribution is -0.192. The van der Waals surface area contributed by atoms with Crippen molar-refractivity contribution in [2.45, 2.75) is 45.5 Å². The number of esters is 3. The van der Waals surface area contributed by atoms with E-state index in [9.17, 15) is 14.4 Å². The maximum absolute atomic E-state index is 11.0. The molecule has 1 heterocycles. The van der Waals surface area contributed by atoms with Gasteiger partial charge in [-0.25, -0.2) is 0 Å². The Balaban J connectivity index is 2.56. The largest absolute Gasteiger partial charge is 0.463 e. The fourth-order valence-electron chi connectivity index (χ4n) is 1.80. The highest BCUT2D eigenvalue weighted by molar-refractivity contribution is 5.67. The Bertz CT molecular complexity index is 352. The van der Waals surface area contributed by atoms with Gasteiger partial charge < -0.3 is 18.9 Å². The number of hydrogen-bond donors (Lipinski definition) is 0. The molecule has 0 aromatic heterocycles. The van der Waals surface area contributed by atoms with Crippen molar-refractivity contribution in [3.8, 4) is 0 Å². The Hall–Kier alpha value is -1.63. The molecule has 1 rings (SSSR count). The summed E-state index contributed by atoms with van der Waals surface area (Å²) in [5.74, 6) is -1.34. The normalized spacial score (nSPS) is 26.4. The van der Waals surface area contributed by atoms with E-state index in [1.807, 2.05) is 0 Å². The molecule has 0 N–H and O–H groups in total. The number of hydrogen-bond acceptors (Lipinski definition) is 7. The summed E-state index contributed by atoms with van der Waals surface area (Å²) in [6, 6.07) is 0. The molecular formula is C12H18O7. The van der Waals surface area contributed by atoms with Gasteiger partial charge >= 0.3 is 17.9 Å². The van der Waals surface area contributed by atoms with Gasteiger partial charge in [0.2, 0.25) is 0 Å². The van der Waals surface area contributed by atoms with Gasteiger partial charge in [0.1, 0.15) is 12.7 Å². The van der Waals surface area contributed by atoms with Crippen molar-refractivity contribution < 1.29 is 33.3 Å². The second kappa shape index (κ2) is 7.08. The van der Waals surface area contributed by atoms with Gasteiger partial charge in [0, 0.05) is 27.2 Å². The molecule has 0 spiro atoms. The Kier molecular flexibility index (Phi) is 5.75. The highest BCUT2D eigenvalue weighted by atomic mass is 16.6. The number of carbonyl (C=O) groups is 3. The monoisotopic (exact) mass is 274 g/mol. The summed E-state index contributed by atoms with van der Waals surface area (Å²) in [7, 11) is 0. The fraction of sp³-hybridized carbons (Fsp3) is 0.750. The summed E-state index contributed by atoms with van der Waals surface area (Å²) in [6.45, 7) is 4.04. The van der Waals surface area contributed by atoms with Gasteiger partial charge in [-0.2, -0.15) is 0 Å². The number of carbonyl (C=O) groups excluding carboxylic acids is 3. The molecule has 1 aliphatic heterocycles. The molecule has 0 amide bonds. The number of rotatable bonds is 4. The lowest BCUT2D eigenvalue weighted by atomic mass is 10.0. The molecule has 7 heteroatoms. The molecule has 0 aromatic carbocycles. The molecule has 1 fully saturated rings. The molecule has 108 valence electrons. The van der Waals surface area contributed by atoms with Crippen LogP contribution in [0.2, 0.25) is 0 Å². The zero-order valence-corrected chi connectivity index (χ0v) is 11.2. The molecule has 7 nitrogen and oxygen atoms in total.